The highest BCUT2D eigenvalue weighted by atomic mass is 16.4. The number of carboxylic acid groups (broad SMARTS) is 1. The lowest BCUT2D eigenvalue weighted by Gasteiger charge is -2.20. The van der Waals surface area contributed by atoms with E-state index >= 15 is 0 Å². The molecule has 3 N–H and O–H groups in total. The minimum atomic E-state index is -1.44. The summed E-state index contributed by atoms with van der Waals surface area (Å²) in [5, 5.41) is 17.3. The molecule has 5 heteroatoms. The number of carbonyl (C=O) groups is 1. The number of aliphatic hydroxyl groups is 1. The standard InChI is InChI=1S/C5H15N2.C3H6O3/c1-4-5-7(2,3)6;1-2(4)3(5)6/h4-6H2,1-3H3;2,4H,1H3,(H,5,6)/q+1;/p-1. The van der Waals surface area contributed by atoms with Crippen LogP contribution in [-0.4, -0.2) is 42.4 Å². The Morgan fingerprint density at radius 1 is 1.62 bits per heavy atom. The minimum Gasteiger partial charge on any atom is -0.547 e. The molecule has 0 aromatic carbocycles. The monoisotopic (exact) mass is 192 g/mol. The smallest absolute Gasteiger partial charge is 0.0953 e. The second-order valence-electron chi connectivity index (χ2n) is 3.50. The summed E-state index contributed by atoms with van der Waals surface area (Å²) in [7, 11) is 3.98. The molecule has 0 bridgehead atoms. The van der Waals surface area contributed by atoms with Crippen LogP contribution in [-0.2, 0) is 4.79 Å². The van der Waals surface area contributed by atoms with Crippen molar-refractivity contribution in [2.45, 2.75) is 26.4 Å². The third-order valence-corrected chi connectivity index (χ3v) is 1.14. The maximum atomic E-state index is 9.34. The number of hydrogen-bond donors (Lipinski definition) is 2. The van der Waals surface area contributed by atoms with Gasteiger partial charge in [-0.3, -0.25) is 4.59 Å². The van der Waals surface area contributed by atoms with Crippen LogP contribution in [0.4, 0.5) is 0 Å². The van der Waals surface area contributed by atoms with Crippen molar-refractivity contribution in [1.82, 2.24) is 0 Å². The second-order valence-corrected chi connectivity index (χ2v) is 3.50. The molecule has 0 saturated carbocycles. The van der Waals surface area contributed by atoms with Gasteiger partial charge in [-0.15, -0.1) is 0 Å². The van der Waals surface area contributed by atoms with Gasteiger partial charge in [0.2, 0.25) is 0 Å². The van der Waals surface area contributed by atoms with Crippen molar-refractivity contribution in [3.05, 3.63) is 0 Å². The van der Waals surface area contributed by atoms with Gasteiger partial charge in [0.25, 0.3) is 0 Å². The van der Waals surface area contributed by atoms with Crippen LogP contribution in [0.5, 0.6) is 0 Å². The van der Waals surface area contributed by atoms with Gasteiger partial charge in [-0.2, -0.15) is 5.84 Å². The zero-order chi connectivity index (χ0) is 11.1. The van der Waals surface area contributed by atoms with Gasteiger partial charge in [0, 0.05) is 0 Å². The molecule has 0 aliphatic heterocycles. The molecule has 0 aromatic heterocycles. The molecule has 0 aliphatic carbocycles. The van der Waals surface area contributed by atoms with E-state index in [1.807, 2.05) is 14.1 Å². The summed E-state index contributed by atoms with van der Waals surface area (Å²) in [6, 6.07) is 0. The van der Waals surface area contributed by atoms with E-state index in [1.165, 1.54) is 0 Å². The topological polar surface area (TPSA) is 86.4 Å². The van der Waals surface area contributed by atoms with Gasteiger partial charge in [-0.25, -0.2) is 0 Å². The lowest BCUT2D eigenvalue weighted by Crippen LogP contribution is -2.46. The largest absolute Gasteiger partial charge is 0.547 e. The van der Waals surface area contributed by atoms with Gasteiger partial charge in [-0.05, 0) is 13.3 Å². The van der Waals surface area contributed by atoms with E-state index in [0.29, 0.717) is 4.59 Å². The van der Waals surface area contributed by atoms with Crippen LogP contribution in [0.1, 0.15) is 20.3 Å². The normalized spacial score (nSPS) is 12.8. The molecule has 0 rings (SSSR count). The molecule has 0 aromatic rings. The number of rotatable bonds is 3. The average molecular weight is 192 g/mol. The Hall–Kier alpha value is -0.650. The zero-order valence-corrected chi connectivity index (χ0v) is 8.78. The van der Waals surface area contributed by atoms with Crippen LogP contribution in [0.2, 0.25) is 0 Å². The molecule has 0 spiro atoms. The van der Waals surface area contributed by atoms with Crippen LogP contribution in [0.25, 0.3) is 0 Å². The highest BCUT2D eigenvalue weighted by molar-refractivity contribution is 5.68. The first-order valence-corrected chi connectivity index (χ1v) is 4.21. The number of aliphatic hydroxyl groups excluding tert-OH is 1. The Labute approximate surface area is 79.3 Å². The maximum absolute atomic E-state index is 9.34. The van der Waals surface area contributed by atoms with Crippen LogP contribution in [0.3, 0.4) is 0 Å². The van der Waals surface area contributed by atoms with Crippen LogP contribution in [0.15, 0.2) is 0 Å². The van der Waals surface area contributed by atoms with Crippen LogP contribution >= 0.6 is 0 Å². The first-order chi connectivity index (χ1) is 5.70. The lowest BCUT2D eigenvalue weighted by atomic mass is 10.4. The molecule has 5 nitrogen and oxygen atoms in total. The van der Waals surface area contributed by atoms with Crippen molar-refractivity contribution in [2.24, 2.45) is 5.84 Å². The zero-order valence-electron chi connectivity index (χ0n) is 8.78. The average Bonchev–Trinajstić information content (AvgIpc) is 1.85. The summed E-state index contributed by atoms with van der Waals surface area (Å²) in [6.45, 7) is 4.32. The Bertz CT molecular complexity index is 141. The van der Waals surface area contributed by atoms with Gasteiger partial charge in [0.1, 0.15) is 0 Å². The SMILES string of the molecule is CC(O)C(=O)[O-].CCC[N+](C)(C)N. The minimum absolute atomic E-state index is 0.594. The quantitative estimate of drug-likeness (QED) is 0.322. The summed E-state index contributed by atoms with van der Waals surface area (Å²) >= 11 is 0. The number of hydrogen-bond acceptors (Lipinski definition) is 4. The van der Waals surface area contributed by atoms with Crippen LogP contribution < -0.4 is 10.9 Å². The number of aliphatic carboxylic acids is 1. The van der Waals surface area contributed by atoms with E-state index in [2.05, 4.69) is 6.92 Å². The number of carboxylic acids is 1. The number of nitrogens with zero attached hydrogens (tertiary/aromatic N) is 1. The van der Waals surface area contributed by atoms with E-state index in [4.69, 9.17) is 10.9 Å². The fourth-order valence-corrected chi connectivity index (χ4v) is 0.576. The maximum Gasteiger partial charge on any atom is 0.0953 e. The van der Waals surface area contributed by atoms with E-state index in [0.717, 1.165) is 19.9 Å². The summed E-state index contributed by atoms with van der Waals surface area (Å²) < 4.78 is 0.594. The predicted octanol–water partition coefficient (Wildman–Crippen LogP) is -1.54. The van der Waals surface area contributed by atoms with E-state index < -0.39 is 12.1 Å². The molecule has 0 fully saturated rings. The molecule has 0 radical (unpaired) electrons. The molecule has 13 heavy (non-hydrogen) atoms. The Balaban J connectivity index is 0. The Kier molecular flexibility index (Phi) is 7.79. The van der Waals surface area contributed by atoms with Gasteiger partial charge in [0.05, 0.1) is 32.7 Å². The van der Waals surface area contributed by atoms with Gasteiger partial charge in [-0.1, -0.05) is 6.92 Å². The molecular formula is C8H20N2O3. The Morgan fingerprint density at radius 2 is 1.92 bits per heavy atom. The predicted molar refractivity (Wildman–Crippen MR) is 48.1 cm³/mol. The number of quaternary nitrogens is 1. The lowest BCUT2D eigenvalue weighted by molar-refractivity contribution is -0.902. The third kappa shape index (κ3) is 18.4. The molecule has 80 valence electrons. The first-order valence-electron chi connectivity index (χ1n) is 4.21. The number of nitrogens with two attached hydrogens (primary N) is 1. The highest BCUT2D eigenvalue weighted by Crippen LogP contribution is 1.85. The van der Waals surface area contributed by atoms with Crippen molar-refractivity contribution in [3.8, 4) is 0 Å². The second kappa shape index (κ2) is 6.82. The summed E-state index contributed by atoms with van der Waals surface area (Å²) in [5.41, 5.74) is 0. The first kappa shape index (κ1) is 14.9. The summed E-state index contributed by atoms with van der Waals surface area (Å²) in [4.78, 5) is 9.34. The van der Waals surface area contributed by atoms with Gasteiger partial charge in [0.15, 0.2) is 0 Å². The van der Waals surface area contributed by atoms with Crippen molar-refractivity contribution in [1.29, 1.82) is 0 Å². The van der Waals surface area contributed by atoms with E-state index in [1.54, 1.807) is 0 Å². The molecule has 0 aliphatic rings. The van der Waals surface area contributed by atoms with Gasteiger partial charge >= 0.3 is 0 Å². The van der Waals surface area contributed by atoms with Gasteiger partial charge < -0.3 is 15.0 Å². The van der Waals surface area contributed by atoms with Crippen molar-refractivity contribution in [3.63, 3.8) is 0 Å². The van der Waals surface area contributed by atoms with Crippen LogP contribution in [0, 0.1) is 0 Å². The summed E-state index contributed by atoms with van der Waals surface area (Å²) in [6.07, 6.45) is -0.186. The molecule has 1 atom stereocenters. The third-order valence-electron chi connectivity index (χ3n) is 1.14. The van der Waals surface area contributed by atoms with E-state index in [-0.39, 0.29) is 0 Å². The van der Waals surface area contributed by atoms with Crippen molar-refractivity contribution >= 4 is 5.97 Å². The molecule has 0 saturated heterocycles. The summed E-state index contributed by atoms with van der Waals surface area (Å²) in [5.74, 6) is 4.15. The fraction of sp³-hybridized carbons (Fsp3) is 0.875. The molecular weight excluding hydrogens is 172 g/mol. The van der Waals surface area contributed by atoms with Crippen molar-refractivity contribution in [2.75, 3.05) is 20.6 Å². The molecule has 0 heterocycles. The number of carbonyl (C=O) groups excluding carboxylic acids is 1. The molecule has 1 unspecified atom stereocenters. The Morgan fingerprint density at radius 3 is 1.92 bits per heavy atom. The van der Waals surface area contributed by atoms with E-state index in [9.17, 15) is 9.90 Å². The molecule has 0 amide bonds. The fourth-order valence-electron chi connectivity index (χ4n) is 0.576. The highest BCUT2D eigenvalue weighted by Gasteiger charge is 2.02. The van der Waals surface area contributed by atoms with Crippen molar-refractivity contribution < 1.29 is 19.6 Å².